The van der Waals surface area contributed by atoms with Gasteiger partial charge in [-0.3, -0.25) is 4.79 Å². The molecular formula is C17H20ClF2N3O4. The number of nitrogens with one attached hydrogen (secondary N) is 1. The van der Waals surface area contributed by atoms with E-state index in [0.29, 0.717) is 38.5 Å². The lowest BCUT2D eigenvalue weighted by molar-refractivity contribution is -0.142. The Morgan fingerprint density at radius 2 is 1.93 bits per heavy atom. The number of amides is 3. The van der Waals surface area contributed by atoms with Crippen LogP contribution in [0.1, 0.15) is 12.8 Å². The molecule has 2 heterocycles. The summed E-state index contributed by atoms with van der Waals surface area (Å²) < 4.78 is 34.2. The lowest BCUT2D eigenvalue weighted by Gasteiger charge is -2.35. The topological polar surface area (TPSA) is 71.1 Å². The predicted molar refractivity (Wildman–Crippen MR) is 94.2 cm³/mol. The van der Waals surface area contributed by atoms with Crippen LogP contribution < -0.4 is 10.1 Å². The van der Waals surface area contributed by atoms with Crippen LogP contribution in [0.4, 0.5) is 19.3 Å². The van der Waals surface area contributed by atoms with Crippen molar-refractivity contribution < 1.29 is 27.8 Å². The summed E-state index contributed by atoms with van der Waals surface area (Å²) in [6.07, 6.45) is 1.27. The Morgan fingerprint density at radius 3 is 2.52 bits per heavy atom. The number of ether oxygens (including phenoxy) is 2. The first-order valence-electron chi connectivity index (χ1n) is 8.64. The number of alkyl halides is 2. The second kappa shape index (κ2) is 8.71. The first-order chi connectivity index (χ1) is 12.9. The van der Waals surface area contributed by atoms with E-state index in [-0.39, 0.29) is 28.8 Å². The van der Waals surface area contributed by atoms with E-state index in [4.69, 9.17) is 16.3 Å². The minimum Gasteiger partial charge on any atom is -0.433 e. The quantitative estimate of drug-likeness (QED) is 0.839. The molecule has 2 aliphatic rings. The summed E-state index contributed by atoms with van der Waals surface area (Å²) in [4.78, 5) is 28.0. The first kappa shape index (κ1) is 19.6. The van der Waals surface area contributed by atoms with Gasteiger partial charge in [0, 0.05) is 38.5 Å². The van der Waals surface area contributed by atoms with E-state index in [0.717, 1.165) is 12.8 Å². The molecule has 0 aliphatic carbocycles. The Labute approximate surface area is 160 Å². The molecule has 2 fully saturated rings. The van der Waals surface area contributed by atoms with Crippen molar-refractivity contribution in [1.29, 1.82) is 0 Å². The molecule has 0 bridgehead atoms. The third-order valence-electron chi connectivity index (χ3n) is 4.48. The first-order valence-corrected chi connectivity index (χ1v) is 9.02. The standard InChI is InChI=1S/C17H20ClF2N3O4/c18-12-10-11(3-4-13(12)27-16(19)20)21-17(25)23-7-5-22(6-8-23)15(24)14-2-1-9-26-14/h3-4,10,14,16H,1-2,5-9H2,(H,21,25)/t14-/m0/s1. The van der Waals surface area contributed by atoms with Crippen molar-refractivity contribution in [3.63, 3.8) is 0 Å². The normalized spacial score (nSPS) is 20.1. The highest BCUT2D eigenvalue weighted by Gasteiger charge is 2.31. The van der Waals surface area contributed by atoms with Gasteiger partial charge in [0.1, 0.15) is 11.9 Å². The fraction of sp³-hybridized carbons (Fsp3) is 0.529. The van der Waals surface area contributed by atoms with Crippen molar-refractivity contribution in [1.82, 2.24) is 9.80 Å². The second-order valence-electron chi connectivity index (χ2n) is 6.27. The van der Waals surface area contributed by atoms with Crippen LogP contribution in [-0.2, 0) is 9.53 Å². The summed E-state index contributed by atoms with van der Waals surface area (Å²) in [5, 5.41) is 2.64. The molecule has 1 aromatic carbocycles. The summed E-state index contributed by atoms with van der Waals surface area (Å²) in [5.41, 5.74) is 0.365. The Morgan fingerprint density at radius 1 is 1.22 bits per heavy atom. The zero-order chi connectivity index (χ0) is 19.4. The number of rotatable bonds is 4. The highest BCUT2D eigenvalue weighted by molar-refractivity contribution is 6.32. The molecule has 0 aromatic heterocycles. The molecule has 10 heteroatoms. The van der Waals surface area contributed by atoms with Gasteiger partial charge in [-0.2, -0.15) is 8.78 Å². The average molecular weight is 404 g/mol. The maximum absolute atomic E-state index is 12.4. The number of nitrogens with zero attached hydrogens (tertiary/aromatic N) is 2. The molecule has 0 saturated carbocycles. The van der Waals surface area contributed by atoms with Gasteiger partial charge < -0.3 is 24.6 Å². The molecule has 2 saturated heterocycles. The summed E-state index contributed by atoms with van der Waals surface area (Å²) in [6.45, 7) is -0.698. The van der Waals surface area contributed by atoms with Crippen molar-refractivity contribution in [3.8, 4) is 5.75 Å². The third kappa shape index (κ3) is 4.98. The van der Waals surface area contributed by atoms with Crippen molar-refractivity contribution in [2.75, 3.05) is 38.1 Å². The maximum atomic E-state index is 12.4. The minimum atomic E-state index is -2.98. The van der Waals surface area contributed by atoms with Gasteiger partial charge in [0.15, 0.2) is 0 Å². The predicted octanol–water partition coefficient (Wildman–Crippen LogP) is 2.80. The molecule has 27 heavy (non-hydrogen) atoms. The lowest BCUT2D eigenvalue weighted by atomic mass is 10.2. The van der Waals surface area contributed by atoms with E-state index >= 15 is 0 Å². The zero-order valence-electron chi connectivity index (χ0n) is 14.5. The zero-order valence-corrected chi connectivity index (χ0v) is 15.3. The molecular weight excluding hydrogens is 384 g/mol. The van der Waals surface area contributed by atoms with Crippen molar-refractivity contribution in [3.05, 3.63) is 23.2 Å². The van der Waals surface area contributed by atoms with Crippen LogP contribution in [-0.4, -0.2) is 67.2 Å². The molecule has 1 atom stereocenters. The molecule has 0 unspecified atom stereocenters. The third-order valence-corrected chi connectivity index (χ3v) is 4.78. The number of benzene rings is 1. The minimum absolute atomic E-state index is 0.0195. The molecule has 1 aromatic rings. The fourth-order valence-corrected chi connectivity index (χ4v) is 3.30. The van der Waals surface area contributed by atoms with Crippen molar-refractivity contribution in [2.24, 2.45) is 0 Å². The largest absolute Gasteiger partial charge is 0.433 e. The van der Waals surface area contributed by atoms with E-state index in [1.165, 1.54) is 18.2 Å². The van der Waals surface area contributed by atoms with Gasteiger partial charge in [-0.25, -0.2) is 4.79 Å². The van der Waals surface area contributed by atoms with E-state index in [9.17, 15) is 18.4 Å². The SMILES string of the molecule is O=C(Nc1ccc(OC(F)F)c(Cl)c1)N1CCN(C(=O)[C@@H]2CCCO2)CC1. The second-order valence-corrected chi connectivity index (χ2v) is 6.68. The monoisotopic (exact) mass is 403 g/mol. The number of carbonyl (C=O) groups is 2. The molecule has 3 amide bonds. The van der Waals surface area contributed by atoms with Gasteiger partial charge in [0.2, 0.25) is 0 Å². The van der Waals surface area contributed by atoms with Crippen LogP contribution in [0.25, 0.3) is 0 Å². The summed E-state index contributed by atoms with van der Waals surface area (Å²) in [6, 6.07) is 3.69. The number of urea groups is 1. The molecule has 148 valence electrons. The van der Waals surface area contributed by atoms with Gasteiger partial charge in [0.25, 0.3) is 5.91 Å². The Hall–Kier alpha value is -2.13. The molecule has 0 radical (unpaired) electrons. The van der Waals surface area contributed by atoms with Crippen molar-refractivity contribution in [2.45, 2.75) is 25.6 Å². The van der Waals surface area contributed by atoms with Gasteiger partial charge in [-0.05, 0) is 31.0 Å². The summed E-state index contributed by atoms with van der Waals surface area (Å²) in [7, 11) is 0. The van der Waals surface area contributed by atoms with E-state index in [2.05, 4.69) is 10.1 Å². The molecule has 7 nitrogen and oxygen atoms in total. The molecule has 0 spiro atoms. The molecule has 1 N–H and O–H groups in total. The van der Waals surface area contributed by atoms with E-state index < -0.39 is 6.61 Å². The van der Waals surface area contributed by atoms with Crippen LogP contribution in [0.3, 0.4) is 0 Å². The number of carbonyl (C=O) groups excluding carboxylic acids is 2. The van der Waals surface area contributed by atoms with Gasteiger partial charge in [-0.1, -0.05) is 11.6 Å². The summed E-state index contributed by atoms with van der Waals surface area (Å²) >= 11 is 5.88. The van der Waals surface area contributed by atoms with Crippen LogP contribution >= 0.6 is 11.6 Å². The van der Waals surface area contributed by atoms with Crippen LogP contribution in [0.2, 0.25) is 5.02 Å². The molecule has 3 rings (SSSR count). The maximum Gasteiger partial charge on any atom is 0.387 e. The van der Waals surface area contributed by atoms with Gasteiger partial charge in [0.05, 0.1) is 5.02 Å². The van der Waals surface area contributed by atoms with E-state index in [1.807, 2.05) is 0 Å². The van der Waals surface area contributed by atoms with Gasteiger partial charge >= 0.3 is 12.6 Å². The summed E-state index contributed by atoms with van der Waals surface area (Å²) in [5.74, 6) is -0.181. The van der Waals surface area contributed by atoms with Crippen LogP contribution in [0.15, 0.2) is 18.2 Å². The lowest BCUT2D eigenvalue weighted by Crippen LogP contribution is -2.53. The van der Waals surface area contributed by atoms with Gasteiger partial charge in [-0.15, -0.1) is 0 Å². The number of anilines is 1. The smallest absolute Gasteiger partial charge is 0.387 e. The van der Waals surface area contributed by atoms with Crippen LogP contribution in [0.5, 0.6) is 5.75 Å². The Bertz CT molecular complexity index is 693. The Balaban J connectivity index is 1.50. The van der Waals surface area contributed by atoms with Crippen LogP contribution in [0, 0.1) is 0 Å². The average Bonchev–Trinajstić information content (AvgIpc) is 3.18. The highest BCUT2D eigenvalue weighted by Crippen LogP contribution is 2.29. The number of hydrogen-bond acceptors (Lipinski definition) is 4. The highest BCUT2D eigenvalue weighted by atomic mass is 35.5. The Kier molecular flexibility index (Phi) is 6.33. The fourth-order valence-electron chi connectivity index (χ4n) is 3.08. The van der Waals surface area contributed by atoms with E-state index in [1.54, 1.807) is 9.80 Å². The number of halogens is 3. The van der Waals surface area contributed by atoms with Crippen molar-refractivity contribution >= 4 is 29.2 Å². The number of piperazine rings is 1. The molecule has 2 aliphatic heterocycles. The number of hydrogen-bond donors (Lipinski definition) is 1.